The van der Waals surface area contributed by atoms with Gasteiger partial charge in [0, 0.05) is 17.5 Å². The molecule has 0 aliphatic heterocycles. The molecule has 0 saturated heterocycles. The Morgan fingerprint density at radius 2 is 1.83 bits per heavy atom. The highest BCUT2D eigenvalue weighted by Crippen LogP contribution is 2.52. The zero-order valence-corrected chi connectivity index (χ0v) is 11.8. The second-order valence-electron chi connectivity index (χ2n) is 5.08. The minimum absolute atomic E-state index is 0.252. The van der Waals surface area contributed by atoms with E-state index in [1.54, 1.807) is 14.2 Å². The summed E-state index contributed by atoms with van der Waals surface area (Å²) < 4.78 is 11.0. The van der Waals surface area contributed by atoms with Crippen molar-refractivity contribution in [1.29, 1.82) is 0 Å². The van der Waals surface area contributed by atoms with Crippen LogP contribution in [0.3, 0.4) is 0 Å². The minimum atomic E-state index is 0.252. The van der Waals surface area contributed by atoms with Gasteiger partial charge in [-0.2, -0.15) is 0 Å². The third-order valence-corrected chi connectivity index (χ3v) is 3.86. The summed E-state index contributed by atoms with van der Waals surface area (Å²) in [5, 5.41) is 3.46. The Bertz CT molecular complexity index is 425. The number of benzene rings is 1. The number of aryl methyl sites for hydroxylation is 1. The van der Waals surface area contributed by atoms with Crippen LogP contribution in [0.1, 0.15) is 30.9 Å². The third kappa shape index (κ3) is 2.32. The maximum atomic E-state index is 5.55. The van der Waals surface area contributed by atoms with E-state index in [9.17, 15) is 0 Å². The van der Waals surface area contributed by atoms with Crippen LogP contribution in [0.2, 0.25) is 0 Å². The number of likely N-dealkylation sites (N-methyl/N-ethyl adjacent to an activating group) is 1. The van der Waals surface area contributed by atoms with Crippen molar-refractivity contribution in [1.82, 2.24) is 5.32 Å². The van der Waals surface area contributed by atoms with Crippen LogP contribution in [0.25, 0.3) is 0 Å². The first-order chi connectivity index (χ1) is 8.66. The Morgan fingerprint density at radius 1 is 1.17 bits per heavy atom. The Labute approximate surface area is 109 Å². The van der Waals surface area contributed by atoms with Gasteiger partial charge in [0.25, 0.3) is 0 Å². The van der Waals surface area contributed by atoms with Crippen molar-refractivity contribution >= 4 is 0 Å². The molecule has 0 amide bonds. The Balaban J connectivity index is 2.36. The molecular weight excluding hydrogens is 226 g/mol. The van der Waals surface area contributed by atoms with E-state index < -0.39 is 0 Å². The van der Waals surface area contributed by atoms with E-state index in [2.05, 4.69) is 31.3 Å². The molecule has 18 heavy (non-hydrogen) atoms. The molecule has 1 aliphatic carbocycles. The van der Waals surface area contributed by atoms with Gasteiger partial charge in [-0.25, -0.2) is 0 Å². The van der Waals surface area contributed by atoms with Crippen molar-refractivity contribution in [2.45, 2.75) is 32.1 Å². The van der Waals surface area contributed by atoms with Crippen LogP contribution in [-0.2, 0) is 5.41 Å². The van der Waals surface area contributed by atoms with E-state index in [1.807, 2.05) is 0 Å². The SMILES string of the molecule is CCNCC1(c2cc(OC)c(C)cc2OC)CC1. The van der Waals surface area contributed by atoms with Crippen LogP contribution in [-0.4, -0.2) is 27.3 Å². The fraction of sp³-hybridized carbons (Fsp3) is 0.600. The lowest BCUT2D eigenvalue weighted by Crippen LogP contribution is -2.27. The third-order valence-electron chi connectivity index (χ3n) is 3.86. The van der Waals surface area contributed by atoms with Gasteiger partial charge in [-0.3, -0.25) is 0 Å². The molecular formula is C15H23NO2. The van der Waals surface area contributed by atoms with Gasteiger partial charge in [0.15, 0.2) is 0 Å². The van der Waals surface area contributed by atoms with Crippen molar-refractivity contribution in [3.8, 4) is 11.5 Å². The second kappa shape index (κ2) is 5.19. The van der Waals surface area contributed by atoms with Crippen molar-refractivity contribution in [2.24, 2.45) is 0 Å². The van der Waals surface area contributed by atoms with E-state index in [0.29, 0.717) is 0 Å². The lowest BCUT2D eigenvalue weighted by atomic mass is 9.93. The average Bonchev–Trinajstić information content (AvgIpc) is 3.17. The summed E-state index contributed by atoms with van der Waals surface area (Å²) in [6.07, 6.45) is 2.45. The summed E-state index contributed by atoms with van der Waals surface area (Å²) in [5.74, 6) is 1.94. The number of hydrogen-bond donors (Lipinski definition) is 1. The molecule has 3 heteroatoms. The quantitative estimate of drug-likeness (QED) is 0.840. The second-order valence-corrected chi connectivity index (χ2v) is 5.08. The van der Waals surface area contributed by atoms with Crippen LogP contribution in [0.4, 0.5) is 0 Å². The standard InChI is InChI=1S/C15H23NO2/c1-5-16-10-15(6-7-15)12-9-13(17-3)11(2)8-14(12)18-4/h8-9,16H,5-7,10H2,1-4H3. The maximum Gasteiger partial charge on any atom is 0.123 e. The van der Waals surface area contributed by atoms with Crippen LogP contribution >= 0.6 is 0 Å². The topological polar surface area (TPSA) is 30.5 Å². The normalized spacial score (nSPS) is 16.4. The largest absolute Gasteiger partial charge is 0.496 e. The first-order valence-corrected chi connectivity index (χ1v) is 6.60. The predicted molar refractivity (Wildman–Crippen MR) is 73.7 cm³/mol. The molecule has 0 spiro atoms. The predicted octanol–water partition coefficient (Wildman–Crippen LogP) is 2.65. The number of methoxy groups -OCH3 is 2. The highest BCUT2D eigenvalue weighted by atomic mass is 16.5. The van der Waals surface area contributed by atoms with Crippen molar-refractivity contribution in [2.75, 3.05) is 27.3 Å². The lowest BCUT2D eigenvalue weighted by Gasteiger charge is -2.21. The fourth-order valence-electron chi connectivity index (χ4n) is 2.52. The molecule has 0 bridgehead atoms. The van der Waals surface area contributed by atoms with Gasteiger partial charge in [-0.15, -0.1) is 0 Å². The van der Waals surface area contributed by atoms with Gasteiger partial charge in [-0.1, -0.05) is 6.92 Å². The molecule has 1 N–H and O–H groups in total. The molecule has 100 valence electrons. The average molecular weight is 249 g/mol. The molecule has 0 aromatic heterocycles. The van der Waals surface area contributed by atoms with E-state index in [0.717, 1.165) is 30.2 Å². The smallest absolute Gasteiger partial charge is 0.123 e. The van der Waals surface area contributed by atoms with Gasteiger partial charge in [0.2, 0.25) is 0 Å². The maximum absolute atomic E-state index is 5.55. The number of hydrogen-bond acceptors (Lipinski definition) is 3. The Kier molecular flexibility index (Phi) is 3.81. The van der Waals surface area contributed by atoms with Crippen LogP contribution in [0.15, 0.2) is 12.1 Å². The van der Waals surface area contributed by atoms with Crippen LogP contribution in [0.5, 0.6) is 11.5 Å². The molecule has 1 aliphatic rings. The number of rotatable bonds is 6. The Morgan fingerprint density at radius 3 is 2.33 bits per heavy atom. The first kappa shape index (κ1) is 13.2. The van der Waals surface area contributed by atoms with E-state index in [1.165, 1.54) is 18.4 Å². The van der Waals surface area contributed by atoms with Gasteiger partial charge in [0.1, 0.15) is 11.5 Å². The highest BCUT2D eigenvalue weighted by Gasteiger charge is 2.46. The number of nitrogens with one attached hydrogen (secondary N) is 1. The summed E-state index contributed by atoms with van der Waals surface area (Å²) in [5.41, 5.74) is 2.66. The monoisotopic (exact) mass is 249 g/mol. The first-order valence-electron chi connectivity index (χ1n) is 6.60. The summed E-state index contributed by atoms with van der Waals surface area (Å²) >= 11 is 0. The Hall–Kier alpha value is -1.22. The molecule has 1 aromatic rings. The molecule has 0 heterocycles. The van der Waals surface area contributed by atoms with E-state index >= 15 is 0 Å². The molecule has 0 atom stereocenters. The summed E-state index contributed by atoms with van der Waals surface area (Å²) in [6, 6.07) is 4.23. The number of ether oxygens (including phenoxy) is 2. The lowest BCUT2D eigenvalue weighted by molar-refractivity contribution is 0.390. The molecule has 0 unspecified atom stereocenters. The van der Waals surface area contributed by atoms with Gasteiger partial charge in [-0.05, 0) is 44.0 Å². The fourth-order valence-corrected chi connectivity index (χ4v) is 2.52. The molecule has 2 rings (SSSR count). The van der Waals surface area contributed by atoms with Crippen LogP contribution in [0, 0.1) is 6.92 Å². The van der Waals surface area contributed by atoms with E-state index in [-0.39, 0.29) is 5.41 Å². The summed E-state index contributed by atoms with van der Waals surface area (Å²) in [4.78, 5) is 0. The van der Waals surface area contributed by atoms with Gasteiger partial charge in [0.05, 0.1) is 14.2 Å². The van der Waals surface area contributed by atoms with Crippen molar-refractivity contribution in [3.05, 3.63) is 23.3 Å². The van der Waals surface area contributed by atoms with E-state index in [4.69, 9.17) is 9.47 Å². The molecule has 1 fully saturated rings. The molecule has 3 nitrogen and oxygen atoms in total. The zero-order valence-electron chi connectivity index (χ0n) is 11.8. The van der Waals surface area contributed by atoms with Gasteiger partial charge < -0.3 is 14.8 Å². The minimum Gasteiger partial charge on any atom is -0.496 e. The molecule has 1 aromatic carbocycles. The summed E-state index contributed by atoms with van der Waals surface area (Å²) in [7, 11) is 3.47. The molecule has 0 radical (unpaired) electrons. The summed E-state index contributed by atoms with van der Waals surface area (Å²) in [6.45, 7) is 6.22. The zero-order chi connectivity index (χ0) is 13.2. The van der Waals surface area contributed by atoms with Crippen molar-refractivity contribution < 1.29 is 9.47 Å². The highest BCUT2D eigenvalue weighted by molar-refractivity contribution is 5.51. The molecule has 1 saturated carbocycles. The van der Waals surface area contributed by atoms with Crippen molar-refractivity contribution in [3.63, 3.8) is 0 Å². The van der Waals surface area contributed by atoms with Crippen LogP contribution < -0.4 is 14.8 Å². The van der Waals surface area contributed by atoms with Gasteiger partial charge >= 0.3 is 0 Å².